The van der Waals surface area contributed by atoms with Gasteiger partial charge in [0, 0.05) is 28.9 Å². The number of phenols is 2. The molecule has 2 N–H and O–H groups in total. The predicted octanol–water partition coefficient (Wildman–Crippen LogP) is 6.84. The van der Waals surface area contributed by atoms with Crippen LogP contribution < -0.4 is 0 Å². The summed E-state index contributed by atoms with van der Waals surface area (Å²) in [7, 11) is -1.83. The van der Waals surface area contributed by atoms with Crippen LogP contribution in [-0.2, 0) is 13.9 Å². The van der Waals surface area contributed by atoms with Crippen LogP contribution in [0.1, 0.15) is 59.4 Å². The van der Waals surface area contributed by atoms with Crippen LogP contribution in [0.15, 0.2) is 42.0 Å². The summed E-state index contributed by atoms with van der Waals surface area (Å²) in [5.41, 5.74) is 1.93. The lowest BCUT2D eigenvalue weighted by molar-refractivity contribution is -0.149. The highest BCUT2D eigenvalue weighted by Crippen LogP contribution is 2.50. The van der Waals surface area contributed by atoms with Gasteiger partial charge in [-0.2, -0.15) is 0 Å². The van der Waals surface area contributed by atoms with Gasteiger partial charge in [-0.25, -0.2) is 0 Å². The second kappa shape index (κ2) is 8.66. The first-order valence-electron chi connectivity index (χ1n) is 12.4. The molecule has 4 rings (SSSR count). The normalized spacial score (nSPS) is 25.4. The summed E-state index contributed by atoms with van der Waals surface area (Å²) in [4.78, 5) is 0. The first kappa shape index (κ1) is 25.2. The fraction of sp³-hybridized carbons (Fsp3) is 0.571. The Morgan fingerprint density at radius 3 is 2.38 bits per heavy atom. The van der Waals surface area contributed by atoms with Gasteiger partial charge in [0.15, 0.2) is 14.1 Å². The number of fused-ring (bicyclic) bond motifs is 2. The van der Waals surface area contributed by atoms with Crippen molar-refractivity contribution in [3.63, 3.8) is 0 Å². The van der Waals surface area contributed by atoms with Gasteiger partial charge in [0.25, 0.3) is 0 Å². The molecule has 2 aliphatic rings. The van der Waals surface area contributed by atoms with Crippen LogP contribution in [-0.4, -0.2) is 43.1 Å². The summed E-state index contributed by atoms with van der Waals surface area (Å²) < 4.78 is 19.1. The van der Waals surface area contributed by atoms with E-state index < -0.39 is 14.1 Å². The lowest BCUT2D eigenvalue weighted by atomic mass is 9.83. The van der Waals surface area contributed by atoms with Crippen molar-refractivity contribution in [1.29, 1.82) is 0 Å². The van der Waals surface area contributed by atoms with Gasteiger partial charge >= 0.3 is 0 Å². The highest BCUT2D eigenvalue weighted by atomic mass is 28.4. The largest absolute Gasteiger partial charge is 0.507 e. The number of hydrogen-bond acceptors (Lipinski definition) is 5. The Balaban J connectivity index is 1.61. The van der Waals surface area contributed by atoms with E-state index in [1.54, 1.807) is 6.07 Å². The molecule has 34 heavy (non-hydrogen) atoms. The molecule has 5 nitrogen and oxygen atoms in total. The fourth-order valence-corrected chi connectivity index (χ4v) is 6.05. The van der Waals surface area contributed by atoms with Crippen LogP contribution >= 0.6 is 0 Å². The molecule has 0 amide bonds. The molecule has 1 heterocycles. The van der Waals surface area contributed by atoms with E-state index in [0.29, 0.717) is 17.4 Å². The highest BCUT2D eigenvalue weighted by molar-refractivity contribution is 6.74. The zero-order valence-corrected chi connectivity index (χ0v) is 22.8. The maximum atomic E-state index is 11.1. The van der Waals surface area contributed by atoms with E-state index in [9.17, 15) is 10.2 Å². The standard InChI is InChI=1S/C28H40O5Si/c1-17(21-16-23(29)19-11-9-10-12-20(19)24(21)30)22-15-18(25-26(22)33-28(5,6)32-25)13-14-31-34(7,8)27(2,3)4/h9-12,15-17,22,25-26,29-30H,13-14H2,1-8H3. The van der Waals surface area contributed by atoms with E-state index in [-0.39, 0.29) is 40.6 Å². The third-order valence-electron chi connectivity index (χ3n) is 8.03. The van der Waals surface area contributed by atoms with E-state index in [1.165, 1.54) is 5.57 Å². The molecule has 0 bridgehead atoms. The molecule has 186 valence electrons. The van der Waals surface area contributed by atoms with Gasteiger partial charge in [-0.1, -0.05) is 58.0 Å². The Morgan fingerprint density at radius 1 is 1.09 bits per heavy atom. The number of aromatic hydroxyl groups is 2. The van der Waals surface area contributed by atoms with Gasteiger partial charge < -0.3 is 24.1 Å². The van der Waals surface area contributed by atoms with E-state index in [0.717, 1.165) is 12.0 Å². The third-order valence-corrected chi connectivity index (χ3v) is 12.6. The van der Waals surface area contributed by atoms with Crippen molar-refractivity contribution >= 4 is 19.1 Å². The van der Waals surface area contributed by atoms with E-state index in [1.807, 2.05) is 38.1 Å². The topological polar surface area (TPSA) is 68.2 Å². The Hall–Kier alpha value is -1.86. The molecule has 2 aromatic carbocycles. The van der Waals surface area contributed by atoms with Gasteiger partial charge in [-0.15, -0.1) is 0 Å². The SMILES string of the molecule is CC(c1cc(O)c2ccccc2c1O)C1C=C(CCO[Si](C)(C)C(C)(C)C)C2OC(C)(C)OC21. The molecule has 0 spiro atoms. The van der Waals surface area contributed by atoms with Crippen molar-refractivity contribution in [3.8, 4) is 11.5 Å². The van der Waals surface area contributed by atoms with Crippen LogP contribution in [0.25, 0.3) is 10.8 Å². The molecule has 1 aliphatic heterocycles. The Labute approximate surface area is 204 Å². The summed E-state index contributed by atoms with van der Waals surface area (Å²) in [5, 5.41) is 23.2. The summed E-state index contributed by atoms with van der Waals surface area (Å²) >= 11 is 0. The first-order valence-corrected chi connectivity index (χ1v) is 15.3. The van der Waals surface area contributed by atoms with Gasteiger partial charge in [-0.05, 0) is 56.0 Å². The average Bonchev–Trinajstić information content (AvgIpc) is 3.22. The molecule has 4 unspecified atom stereocenters. The quantitative estimate of drug-likeness (QED) is 0.267. The zero-order valence-electron chi connectivity index (χ0n) is 21.8. The summed E-state index contributed by atoms with van der Waals surface area (Å²) in [5.74, 6) is -0.319. The number of phenolic OH excluding ortho intramolecular Hbond substituents is 2. The Morgan fingerprint density at radius 2 is 1.74 bits per heavy atom. The molecule has 2 aromatic rings. The molecule has 0 aromatic heterocycles. The predicted molar refractivity (Wildman–Crippen MR) is 139 cm³/mol. The van der Waals surface area contributed by atoms with E-state index in [4.69, 9.17) is 13.9 Å². The molecule has 1 aliphatic carbocycles. The van der Waals surface area contributed by atoms with Crippen LogP contribution in [0.5, 0.6) is 11.5 Å². The van der Waals surface area contributed by atoms with Crippen LogP contribution in [0.3, 0.4) is 0 Å². The Bertz CT molecular complexity index is 1100. The molecule has 0 saturated carbocycles. The maximum Gasteiger partial charge on any atom is 0.191 e. The Kier molecular flexibility index (Phi) is 6.43. The van der Waals surface area contributed by atoms with E-state index >= 15 is 0 Å². The maximum absolute atomic E-state index is 11.1. The van der Waals surface area contributed by atoms with Gasteiger partial charge in [0.2, 0.25) is 0 Å². The molecule has 6 heteroatoms. The molecule has 1 fully saturated rings. The number of benzene rings is 2. The van der Waals surface area contributed by atoms with Crippen molar-refractivity contribution in [2.24, 2.45) is 5.92 Å². The third kappa shape index (κ3) is 4.53. The fourth-order valence-electron chi connectivity index (χ4n) is 5.01. The van der Waals surface area contributed by atoms with Crippen molar-refractivity contribution in [2.45, 2.75) is 90.0 Å². The van der Waals surface area contributed by atoms with Crippen LogP contribution in [0, 0.1) is 5.92 Å². The second-order valence-electron chi connectivity index (χ2n) is 11.9. The second-order valence-corrected chi connectivity index (χ2v) is 16.7. The van der Waals surface area contributed by atoms with Crippen molar-refractivity contribution in [3.05, 3.63) is 47.5 Å². The van der Waals surface area contributed by atoms with E-state index in [2.05, 4.69) is 46.9 Å². The average molecular weight is 485 g/mol. The van der Waals surface area contributed by atoms with Gasteiger partial charge in [-0.3, -0.25) is 0 Å². The smallest absolute Gasteiger partial charge is 0.191 e. The summed E-state index contributed by atoms with van der Waals surface area (Å²) in [6.45, 7) is 18.0. The number of rotatable bonds is 6. The zero-order chi connectivity index (χ0) is 25.1. The molecule has 0 radical (unpaired) electrons. The van der Waals surface area contributed by atoms with Crippen LogP contribution in [0.2, 0.25) is 18.1 Å². The molecular weight excluding hydrogens is 444 g/mol. The van der Waals surface area contributed by atoms with Crippen LogP contribution in [0.4, 0.5) is 0 Å². The highest BCUT2D eigenvalue weighted by Gasteiger charge is 2.51. The molecular formula is C28H40O5Si. The molecule has 4 atom stereocenters. The lowest BCUT2D eigenvalue weighted by Crippen LogP contribution is -2.41. The summed E-state index contributed by atoms with van der Waals surface area (Å²) in [6, 6.07) is 9.10. The monoisotopic (exact) mass is 484 g/mol. The minimum atomic E-state index is -1.83. The van der Waals surface area contributed by atoms with Gasteiger partial charge in [0.1, 0.15) is 17.6 Å². The first-order chi connectivity index (χ1) is 15.7. The van der Waals surface area contributed by atoms with Crippen molar-refractivity contribution in [2.75, 3.05) is 6.61 Å². The van der Waals surface area contributed by atoms with Crippen molar-refractivity contribution < 1.29 is 24.1 Å². The van der Waals surface area contributed by atoms with Crippen molar-refractivity contribution in [1.82, 2.24) is 0 Å². The lowest BCUT2D eigenvalue weighted by Gasteiger charge is -2.36. The molecule has 1 saturated heterocycles. The number of hydrogen-bond donors (Lipinski definition) is 2. The summed E-state index contributed by atoms with van der Waals surface area (Å²) in [6.07, 6.45) is 2.80. The van der Waals surface area contributed by atoms with Gasteiger partial charge in [0.05, 0.1) is 6.10 Å². The minimum Gasteiger partial charge on any atom is -0.507 e. The minimum absolute atomic E-state index is 0.0149. The number of ether oxygens (including phenoxy) is 2.